The van der Waals surface area contributed by atoms with Crippen molar-refractivity contribution >= 4 is 44.8 Å². The Morgan fingerprint density at radius 1 is 1.09 bits per heavy atom. The molecule has 3 rings (SSSR count). The van der Waals surface area contributed by atoms with Gasteiger partial charge in [-0.3, -0.25) is 14.3 Å². The molecule has 0 unspecified atom stereocenters. The zero-order valence-corrected chi connectivity index (χ0v) is 20.8. The van der Waals surface area contributed by atoms with Crippen molar-refractivity contribution in [1.29, 1.82) is 0 Å². The molecule has 0 atom stereocenters. The molecule has 0 aliphatic rings. The molecule has 11 heteroatoms. The number of anilines is 1. The predicted molar refractivity (Wildman–Crippen MR) is 134 cm³/mol. The number of benzene rings is 2. The summed E-state index contributed by atoms with van der Waals surface area (Å²) < 4.78 is 26.6. The van der Waals surface area contributed by atoms with Crippen molar-refractivity contribution in [2.75, 3.05) is 17.5 Å². The zero-order valence-electron chi connectivity index (χ0n) is 18.4. The number of amides is 1. The fourth-order valence-corrected chi connectivity index (χ4v) is 4.25. The SMILES string of the molecule is Cn1c(-c2cccc(NS(C)(=O)=O)c2)cc(C(=O)NCCCc2ccc(Cl)c(Cl)c2)c(O)c1=O. The number of rotatable bonds is 8. The van der Waals surface area contributed by atoms with E-state index in [-0.39, 0.29) is 5.56 Å². The molecule has 180 valence electrons. The summed E-state index contributed by atoms with van der Waals surface area (Å²) in [5.74, 6) is -1.27. The Balaban J connectivity index is 1.78. The molecular weight excluding hydrogens is 501 g/mol. The van der Waals surface area contributed by atoms with Crippen LogP contribution < -0.4 is 15.6 Å². The summed E-state index contributed by atoms with van der Waals surface area (Å²) >= 11 is 11.9. The standard InChI is InChI=1S/C23H23Cl2N3O5S/c1-28-20(15-6-3-7-16(12-15)27-34(2,32)33)13-17(21(29)23(28)31)22(30)26-10-4-5-14-8-9-18(24)19(25)11-14/h3,6-9,11-13,27,29H,4-5,10H2,1-2H3,(H,26,30). The highest BCUT2D eigenvalue weighted by atomic mass is 35.5. The van der Waals surface area contributed by atoms with Gasteiger partial charge in [0, 0.05) is 24.8 Å². The van der Waals surface area contributed by atoms with Crippen LogP contribution in [0.4, 0.5) is 5.69 Å². The zero-order chi connectivity index (χ0) is 25.0. The van der Waals surface area contributed by atoms with Gasteiger partial charge in [-0.05, 0) is 48.7 Å². The minimum atomic E-state index is -3.50. The fourth-order valence-electron chi connectivity index (χ4n) is 3.38. The van der Waals surface area contributed by atoms with Crippen molar-refractivity contribution < 1.29 is 18.3 Å². The first-order valence-corrected chi connectivity index (χ1v) is 12.8. The maximum absolute atomic E-state index is 12.7. The number of hydrogen-bond donors (Lipinski definition) is 3. The second kappa shape index (κ2) is 10.5. The van der Waals surface area contributed by atoms with Gasteiger partial charge in [0.2, 0.25) is 10.0 Å². The first-order valence-electron chi connectivity index (χ1n) is 10.2. The Morgan fingerprint density at radius 3 is 2.50 bits per heavy atom. The molecule has 3 N–H and O–H groups in total. The highest BCUT2D eigenvalue weighted by molar-refractivity contribution is 7.92. The van der Waals surface area contributed by atoms with E-state index in [4.69, 9.17) is 23.2 Å². The van der Waals surface area contributed by atoms with Gasteiger partial charge in [-0.1, -0.05) is 41.4 Å². The van der Waals surface area contributed by atoms with E-state index in [0.29, 0.717) is 46.4 Å². The third-order valence-corrected chi connectivity index (χ3v) is 6.37. The highest BCUT2D eigenvalue weighted by Gasteiger charge is 2.19. The van der Waals surface area contributed by atoms with Crippen LogP contribution in [0.3, 0.4) is 0 Å². The number of pyridine rings is 1. The molecule has 0 spiro atoms. The lowest BCUT2D eigenvalue weighted by atomic mass is 10.1. The van der Waals surface area contributed by atoms with E-state index in [0.717, 1.165) is 11.8 Å². The van der Waals surface area contributed by atoms with Gasteiger partial charge >= 0.3 is 0 Å². The van der Waals surface area contributed by atoms with Gasteiger partial charge in [0.15, 0.2) is 5.75 Å². The number of carbonyl (C=O) groups excluding carboxylic acids is 1. The normalized spacial score (nSPS) is 11.3. The minimum Gasteiger partial charge on any atom is -0.502 e. The van der Waals surface area contributed by atoms with Gasteiger partial charge in [0.25, 0.3) is 11.5 Å². The number of aryl methyl sites for hydroxylation is 1. The molecule has 0 bridgehead atoms. The molecule has 1 aromatic heterocycles. The molecule has 0 saturated heterocycles. The number of carbonyl (C=O) groups is 1. The van der Waals surface area contributed by atoms with Gasteiger partial charge in [-0.25, -0.2) is 8.42 Å². The van der Waals surface area contributed by atoms with E-state index in [1.807, 2.05) is 6.07 Å². The van der Waals surface area contributed by atoms with Gasteiger partial charge in [-0.2, -0.15) is 0 Å². The Kier molecular flexibility index (Phi) is 7.91. The second-order valence-corrected chi connectivity index (χ2v) is 10.3. The molecule has 2 aromatic carbocycles. The van der Waals surface area contributed by atoms with E-state index in [2.05, 4.69) is 10.0 Å². The van der Waals surface area contributed by atoms with Crippen molar-refractivity contribution in [2.45, 2.75) is 12.8 Å². The topological polar surface area (TPSA) is 118 Å². The fraction of sp³-hybridized carbons (Fsp3) is 0.217. The van der Waals surface area contributed by atoms with Crippen molar-refractivity contribution in [2.24, 2.45) is 7.05 Å². The lowest BCUT2D eigenvalue weighted by Gasteiger charge is -2.14. The molecule has 1 heterocycles. The minimum absolute atomic E-state index is 0.172. The van der Waals surface area contributed by atoms with E-state index < -0.39 is 27.2 Å². The number of aromatic nitrogens is 1. The molecule has 0 aliphatic heterocycles. The second-order valence-electron chi connectivity index (χ2n) is 7.72. The van der Waals surface area contributed by atoms with Gasteiger partial charge < -0.3 is 15.0 Å². The smallest absolute Gasteiger partial charge is 0.293 e. The first-order chi connectivity index (χ1) is 16.0. The van der Waals surface area contributed by atoms with Gasteiger partial charge in [0.1, 0.15) is 0 Å². The van der Waals surface area contributed by atoms with Crippen molar-refractivity contribution in [1.82, 2.24) is 9.88 Å². The summed E-state index contributed by atoms with van der Waals surface area (Å²) in [6.07, 6.45) is 2.27. The van der Waals surface area contributed by atoms with E-state index in [1.54, 1.807) is 30.3 Å². The predicted octanol–water partition coefficient (Wildman–Crippen LogP) is 3.80. The number of halogens is 2. The number of hydrogen-bond acceptors (Lipinski definition) is 5. The van der Waals surface area contributed by atoms with Crippen LogP contribution in [0, 0.1) is 0 Å². The number of sulfonamides is 1. The summed E-state index contributed by atoms with van der Waals surface area (Å²) in [4.78, 5) is 25.3. The van der Waals surface area contributed by atoms with Crippen molar-refractivity contribution in [3.05, 3.63) is 80.1 Å². The number of aromatic hydroxyl groups is 1. The Bertz CT molecular complexity index is 1400. The maximum Gasteiger partial charge on any atom is 0.293 e. The van der Waals surface area contributed by atoms with Crippen molar-refractivity contribution in [3.8, 4) is 17.0 Å². The van der Waals surface area contributed by atoms with Gasteiger partial charge in [0.05, 0.1) is 27.6 Å². The maximum atomic E-state index is 12.7. The van der Waals surface area contributed by atoms with Crippen LogP contribution in [-0.2, 0) is 23.5 Å². The lowest BCUT2D eigenvalue weighted by Crippen LogP contribution is -2.28. The van der Waals surface area contributed by atoms with E-state index in [9.17, 15) is 23.1 Å². The highest BCUT2D eigenvalue weighted by Crippen LogP contribution is 2.26. The molecule has 1 amide bonds. The quantitative estimate of drug-likeness (QED) is 0.388. The monoisotopic (exact) mass is 523 g/mol. The van der Waals surface area contributed by atoms with Crippen LogP contribution in [-0.4, -0.2) is 36.8 Å². The third-order valence-electron chi connectivity index (χ3n) is 5.02. The van der Waals surface area contributed by atoms with Crippen LogP contribution in [0.2, 0.25) is 10.0 Å². The largest absolute Gasteiger partial charge is 0.502 e. The summed E-state index contributed by atoms with van der Waals surface area (Å²) in [6, 6.07) is 13.1. The number of nitrogens with zero attached hydrogens (tertiary/aromatic N) is 1. The summed E-state index contributed by atoms with van der Waals surface area (Å²) in [7, 11) is -2.05. The Morgan fingerprint density at radius 2 is 1.82 bits per heavy atom. The van der Waals surface area contributed by atoms with Crippen LogP contribution in [0.1, 0.15) is 22.3 Å². The molecule has 0 radical (unpaired) electrons. The van der Waals surface area contributed by atoms with Crippen LogP contribution in [0.15, 0.2) is 53.3 Å². The molecule has 0 fully saturated rings. The van der Waals surface area contributed by atoms with E-state index >= 15 is 0 Å². The average molecular weight is 524 g/mol. The van der Waals surface area contributed by atoms with Crippen molar-refractivity contribution in [3.63, 3.8) is 0 Å². The number of nitrogens with one attached hydrogen (secondary N) is 2. The molecule has 3 aromatic rings. The van der Waals surface area contributed by atoms with Crippen LogP contribution >= 0.6 is 23.2 Å². The summed E-state index contributed by atoms with van der Waals surface area (Å²) in [5, 5.41) is 13.9. The first kappa shape index (κ1) is 25.6. The molecular formula is C23H23Cl2N3O5S. The molecule has 8 nitrogen and oxygen atoms in total. The average Bonchev–Trinajstić information content (AvgIpc) is 2.76. The van der Waals surface area contributed by atoms with E-state index in [1.165, 1.54) is 23.7 Å². The lowest BCUT2D eigenvalue weighted by molar-refractivity contribution is 0.0950. The van der Waals surface area contributed by atoms with Crippen LogP contribution in [0.5, 0.6) is 5.75 Å². The third kappa shape index (κ3) is 6.31. The Labute approximate surface area is 207 Å². The van der Waals surface area contributed by atoms with Gasteiger partial charge in [-0.15, -0.1) is 0 Å². The molecule has 0 saturated carbocycles. The summed E-state index contributed by atoms with van der Waals surface area (Å²) in [6.45, 7) is 0.302. The molecule has 0 aliphatic carbocycles. The molecule has 34 heavy (non-hydrogen) atoms. The Hall–Kier alpha value is -3.01. The summed E-state index contributed by atoms with van der Waals surface area (Å²) in [5.41, 5.74) is 1.16. The van der Waals surface area contributed by atoms with Crippen LogP contribution in [0.25, 0.3) is 11.3 Å².